The van der Waals surface area contributed by atoms with Gasteiger partial charge >= 0.3 is 0 Å². The number of nitrogens with zero attached hydrogens (tertiary/aromatic N) is 4. The van der Waals surface area contributed by atoms with Crippen LogP contribution in [0, 0.1) is 3.57 Å². The minimum absolute atomic E-state index is 0.508. The van der Waals surface area contributed by atoms with Gasteiger partial charge in [0, 0.05) is 45.3 Å². The molecule has 0 radical (unpaired) electrons. The number of anilines is 1. The van der Waals surface area contributed by atoms with Crippen molar-refractivity contribution in [2.75, 3.05) is 46.1 Å². The van der Waals surface area contributed by atoms with E-state index in [2.05, 4.69) is 61.8 Å². The first-order valence-electron chi connectivity index (χ1n) is 6.18. The average molecular weight is 361 g/mol. The molecule has 1 aromatic rings. The van der Waals surface area contributed by atoms with E-state index in [1.807, 2.05) is 13.2 Å². The molecule has 5 nitrogen and oxygen atoms in total. The third-order valence-corrected chi connectivity index (χ3v) is 4.22. The van der Waals surface area contributed by atoms with Crippen LogP contribution in [0.5, 0.6) is 0 Å². The lowest BCUT2D eigenvalue weighted by molar-refractivity contribution is 0.113. The van der Waals surface area contributed by atoms with Crippen LogP contribution in [-0.2, 0) is 6.42 Å². The number of hydrogen-bond donors (Lipinski definition) is 1. The van der Waals surface area contributed by atoms with E-state index in [4.69, 9.17) is 0 Å². The van der Waals surface area contributed by atoms with Crippen molar-refractivity contribution in [1.29, 1.82) is 0 Å². The van der Waals surface area contributed by atoms with Crippen molar-refractivity contribution >= 4 is 28.4 Å². The van der Waals surface area contributed by atoms with E-state index in [0.717, 1.165) is 41.3 Å². The quantitative estimate of drug-likeness (QED) is 0.811. The second-order valence-corrected chi connectivity index (χ2v) is 6.00. The lowest BCUT2D eigenvalue weighted by Crippen LogP contribution is -2.50. The highest BCUT2D eigenvalue weighted by atomic mass is 127. The van der Waals surface area contributed by atoms with E-state index in [9.17, 15) is 0 Å². The van der Waals surface area contributed by atoms with Gasteiger partial charge in [-0.1, -0.05) is 0 Å². The average Bonchev–Trinajstić information content (AvgIpc) is 2.36. The van der Waals surface area contributed by atoms with Crippen molar-refractivity contribution in [2.45, 2.75) is 12.5 Å². The fourth-order valence-electron chi connectivity index (χ4n) is 2.21. The topological polar surface area (TPSA) is 44.3 Å². The molecule has 18 heavy (non-hydrogen) atoms. The van der Waals surface area contributed by atoms with Crippen molar-refractivity contribution in [3.05, 3.63) is 15.6 Å². The Kier molecular flexibility index (Phi) is 4.74. The highest BCUT2D eigenvalue weighted by Gasteiger charge is 2.23. The van der Waals surface area contributed by atoms with Gasteiger partial charge in [-0.2, -0.15) is 0 Å². The molecule has 1 saturated heterocycles. The van der Waals surface area contributed by atoms with Gasteiger partial charge in [0.15, 0.2) is 0 Å². The lowest BCUT2D eigenvalue weighted by Gasteiger charge is -2.37. The number of halogens is 1. The van der Waals surface area contributed by atoms with Crippen molar-refractivity contribution in [3.63, 3.8) is 0 Å². The van der Waals surface area contributed by atoms with E-state index in [1.165, 1.54) is 0 Å². The molecule has 1 unspecified atom stereocenters. The summed E-state index contributed by atoms with van der Waals surface area (Å²) < 4.78 is 1.06. The Morgan fingerprint density at radius 3 is 2.94 bits per heavy atom. The number of nitrogens with one attached hydrogen (secondary N) is 1. The highest BCUT2D eigenvalue weighted by Crippen LogP contribution is 2.16. The van der Waals surface area contributed by atoms with Crippen LogP contribution < -0.4 is 5.32 Å². The molecule has 0 saturated carbocycles. The molecule has 1 aromatic heterocycles. The molecule has 0 aromatic carbocycles. The molecule has 6 heteroatoms. The number of piperazine rings is 1. The first kappa shape index (κ1) is 14.0. The smallest absolute Gasteiger partial charge is 0.142 e. The molecule has 1 aliphatic rings. The molecular weight excluding hydrogens is 341 g/mol. The van der Waals surface area contributed by atoms with Crippen molar-refractivity contribution in [1.82, 2.24) is 19.8 Å². The monoisotopic (exact) mass is 361 g/mol. The summed E-state index contributed by atoms with van der Waals surface area (Å²) in [5, 5.41) is 3.11. The summed E-state index contributed by atoms with van der Waals surface area (Å²) in [7, 11) is 6.26. The normalized spacial score (nSPS) is 22.1. The van der Waals surface area contributed by atoms with Crippen LogP contribution in [0.3, 0.4) is 0 Å². The summed E-state index contributed by atoms with van der Waals surface area (Å²) >= 11 is 2.25. The molecule has 1 aliphatic heterocycles. The van der Waals surface area contributed by atoms with E-state index >= 15 is 0 Å². The summed E-state index contributed by atoms with van der Waals surface area (Å²) in [4.78, 5) is 13.8. The summed E-state index contributed by atoms with van der Waals surface area (Å²) in [6.07, 6.45) is 2.80. The number of aromatic nitrogens is 2. The third-order valence-electron chi connectivity index (χ3n) is 3.43. The Morgan fingerprint density at radius 1 is 1.44 bits per heavy atom. The molecule has 2 rings (SSSR count). The summed E-state index contributed by atoms with van der Waals surface area (Å²) in [6.45, 7) is 3.34. The second-order valence-electron chi connectivity index (χ2n) is 4.83. The van der Waals surface area contributed by atoms with Crippen LogP contribution in [0.15, 0.2) is 6.20 Å². The Hall–Kier alpha value is -0.470. The zero-order valence-electron chi connectivity index (χ0n) is 11.1. The maximum atomic E-state index is 4.57. The maximum absolute atomic E-state index is 4.57. The molecule has 0 bridgehead atoms. The first-order valence-corrected chi connectivity index (χ1v) is 7.26. The molecule has 0 spiro atoms. The molecular formula is C12H20IN5. The van der Waals surface area contributed by atoms with Crippen LogP contribution >= 0.6 is 22.6 Å². The molecule has 100 valence electrons. The van der Waals surface area contributed by atoms with Crippen LogP contribution in [-0.4, -0.2) is 66.6 Å². The van der Waals surface area contributed by atoms with Gasteiger partial charge in [0.1, 0.15) is 11.6 Å². The summed E-state index contributed by atoms with van der Waals surface area (Å²) in [5.41, 5.74) is 0. The van der Waals surface area contributed by atoms with Gasteiger partial charge in [0.05, 0.1) is 3.57 Å². The van der Waals surface area contributed by atoms with E-state index in [0.29, 0.717) is 6.04 Å². The molecule has 1 N–H and O–H groups in total. The molecule has 0 amide bonds. The highest BCUT2D eigenvalue weighted by molar-refractivity contribution is 14.1. The predicted octanol–water partition coefficient (Wildman–Crippen LogP) is 0.911. The largest absolute Gasteiger partial charge is 0.372 e. The number of likely N-dealkylation sites (N-methyl/N-ethyl adjacent to an activating group) is 2. The van der Waals surface area contributed by atoms with E-state index in [-0.39, 0.29) is 0 Å². The van der Waals surface area contributed by atoms with E-state index in [1.54, 1.807) is 0 Å². The Balaban J connectivity index is 2.08. The minimum atomic E-state index is 0.508. The van der Waals surface area contributed by atoms with Gasteiger partial charge in [-0.25, -0.2) is 9.97 Å². The maximum Gasteiger partial charge on any atom is 0.142 e. The number of rotatable bonds is 3. The summed E-state index contributed by atoms with van der Waals surface area (Å²) in [5.74, 6) is 1.85. The standard InChI is InChI=1S/C12H20IN5/c1-14-12-10(13)7-15-11(16-12)6-9-8-17(2)4-5-18(9)3/h7,9H,4-6,8H2,1-3H3,(H,14,15,16). The minimum Gasteiger partial charge on any atom is -0.372 e. The van der Waals surface area contributed by atoms with Crippen LogP contribution in [0.4, 0.5) is 5.82 Å². The first-order chi connectivity index (χ1) is 8.60. The Labute approximate surface area is 122 Å². The van der Waals surface area contributed by atoms with Gasteiger partial charge in [-0.3, -0.25) is 0 Å². The van der Waals surface area contributed by atoms with Gasteiger partial charge in [-0.15, -0.1) is 0 Å². The van der Waals surface area contributed by atoms with Gasteiger partial charge < -0.3 is 15.1 Å². The lowest BCUT2D eigenvalue weighted by atomic mass is 10.1. The predicted molar refractivity (Wildman–Crippen MR) is 81.9 cm³/mol. The number of hydrogen-bond acceptors (Lipinski definition) is 5. The van der Waals surface area contributed by atoms with Crippen LogP contribution in [0.1, 0.15) is 5.82 Å². The molecule has 2 heterocycles. The fourth-order valence-corrected chi connectivity index (χ4v) is 2.74. The van der Waals surface area contributed by atoms with Gasteiger partial charge in [0.2, 0.25) is 0 Å². The van der Waals surface area contributed by atoms with Crippen molar-refractivity contribution in [3.8, 4) is 0 Å². The van der Waals surface area contributed by atoms with Gasteiger partial charge in [-0.05, 0) is 36.7 Å². The SMILES string of the molecule is CNc1nc(CC2CN(C)CCN2C)ncc1I. The summed E-state index contributed by atoms with van der Waals surface area (Å²) in [6, 6.07) is 0.508. The molecule has 1 atom stereocenters. The Bertz CT molecular complexity index is 411. The Morgan fingerprint density at radius 2 is 2.22 bits per heavy atom. The molecule has 0 aliphatic carbocycles. The zero-order chi connectivity index (χ0) is 13.1. The van der Waals surface area contributed by atoms with Gasteiger partial charge in [0.25, 0.3) is 0 Å². The molecule has 1 fully saturated rings. The zero-order valence-corrected chi connectivity index (χ0v) is 13.3. The third kappa shape index (κ3) is 3.30. The van der Waals surface area contributed by atoms with E-state index < -0.39 is 0 Å². The second kappa shape index (κ2) is 6.12. The van der Waals surface area contributed by atoms with Crippen LogP contribution in [0.2, 0.25) is 0 Å². The van der Waals surface area contributed by atoms with Crippen molar-refractivity contribution in [2.24, 2.45) is 0 Å². The van der Waals surface area contributed by atoms with Crippen LogP contribution in [0.25, 0.3) is 0 Å². The van der Waals surface area contributed by atoms with Crippen molar-refractivity contribution < 1.29 is 0 Å². The fraction of sp³-hybridized carbons (Fsp3) is 0.667.